The summed E-state index contributed by atoms with van der Waals surface area (Å²) in [7, 11) is 0. The van der Waals surface area contributed by atoms with Crippen molar-refractivity contribution >= 4 is 0 Å². The van der Waals surface area contributed by atoms with Crippen LogP contribution in [-0.2, 0) is 0 Å². The molecule has 0 heterocycles. The quantitative estimate of drug-likeness (QED) is 0.574. The van der Waals surface area contributed by atoms with Crippen LogP contribution in [0.1, 0.15) is 38.5 Å². The van der Waals surface area contributed by atoms with Crippen LogP contribution in [0.15, 0.2) is 0 Å². The lowest BCUT2D eigenvalue weighted by Gasteiger charge is -2.15. The van der Waals surface area contributed by atoms with Crippen LogP contribution in [-0.4, -0.2) is 24.3 Å². The maximum Gasteiger partial charge on any atom is 0.0443 e. The van der Waals surface area contributed by atoms with E-state index in [4.69, 9.17) is 16.6 Å². The van der Waals surface area contributed by atoms with Crippen LogP contribution < -0.4 is 11.5 Å². The first-order valence-corrected chi connectivity index (χ1v) is 4.87. The molecule has 0 aromatic rings. The second kappa shape index (κ2) is 8.97. The van der Waals surface area contributed by atoms with E-state index in [1.165, 1.54) is 32.1 Å². The third-order valence-corrected chi connectivity index (χ3v) is 2.01. The first-order valence-electron chi connectivity index (χ1n) is 4.87. The van der Waals surface area contributed by atoms with Gasteiger partial charge in [0.1, 0.15) is 0 Å². The molecule has 0 aromatic carbocycles. The molecule has 1 saturated carbocycles. The third-order valence-electron chi connectivity index (χ3n) is 2.01. The fourth-order valence-electron chi connectivity index (χ4n) is 1.23. The maximum absolute atomic E-state index is 7.99. The van der Waals surface area contributed by atoms with Crippen LogP contribution in [0.4, 0.5) is 0 Å². The first-order chi connectivity index (χ1) is 5.81. The highest BCUT2D eigenvalue weighted by atomic mass is 16.2. The Morgan fingerprint density at radius 1 is 1.17 bits per heavy atom. The average molecular weight is 174 g/mol. The van der Waals surface area contributed by atoms with Crippen LogP contribution in [0, 0.1) is 0 Å². The zero-order valence-corrected chi connectivity index (χ0v) is 7.84. The molecule has 0 radical (unpaired) electrons. The molecule has 1 rings (SSSR count). The molecular weight excluding hydrogens is 152 g/mol. The van der Waals surface area contributed by atoms with Crippen molar-refractivity contribution < 1.29 is 5.11 Å². The summed E-state index contributed by atoms with van der Waals surface area (Å²) >= 11 is 0. The Balaban J connectivity index is 0.000000217. The smallest absolute Gasteiger partial charge is 0.0443 e. The van der Waals surface area contributed by atoms with Crippen molar-refractivity contribution in [1.82, 2.24) is 0 Å². The monoisotopic (exact) mass is 174 g/mol. The van der Waals surface area contributed by atoms with Gasteiger partial charge < -0.3 is 16.6 Å². The summed E-state index contributed by atoms with van der Waals surface area (Å²) in [5.74, 6) is 0. The summed E-state index contributed by atoms with van der Waals surface area (Å²) in [5, 5.41) is 7.99. The van der Waals surface area contributed by atoms with Gasteiger partial charge in [-0.05, 0) is 25.8 Å². The van der Waals surface area contributed by atoms with Crippen LogP contribution in [0.3, 0.4) is 0 Å². The zero-order chi connectivity index (χ0) is 9.23. The minimum atomic E-state index is 0.219. The summed E-state index contributed by atoms with van der Waals surface area (Å²) in [6, 6.07) is 0.536. The van der Waals surface area contributed by atoms with E-state index in [1.807, 2.05) is 0 Å². The number of rotatable bonds is 2. The molecule has 12 heavy (non-hydrogen) atoms. The highest BCUT2D eigenvalue weighted by Gasteiger charge is 2.06. The van der Waals surface area contributed by atoms with Crippen molar-refractivity contribution in [2.24, 2.45) is 11.5 Å². The Labute approximate surface area is 75.1 Å². The molecule has 0 unspecified atom stereocenters. The fraction of sp³-hybridized carbons (Fsp3) is 1.00. The van der Waals surface area contributed by atoms with Gasteiger partial charge in [-0.3, -0.25) is 0 Å². The Hall–Kier alpha value is -0.120. The molecule has 5 N–H and O–H groups in total. The molecular formula is C9H22N2O. The Morgan fingerprint density at radius 2 is 1.75 bits per heavy atom. The predicted molar refractivity (Wildman–Crippen MR) is 51.8 cm³/mol. The first kappa shape index (κ1) is 11.9. The molecule has 0 aliphatic heterocycles. The van der Waals surface area contributed by atoms with Gasteiger partial charge in [-0.1, -0.05) is 19.3 Å². The van der Waals surface area contributed by atoms with E-state index in [2.05, 4.69) is 0 Å². The number of hydrogen-bond acceptors (Lipinski definition) is 3. The molecule has 0 spiro atoms. The van der Waals surface area contributed by atoms with Crippen LogP contribution in [0.5, 0.6) is 0 Å². The minimum absolute atomic E-state index is 0.219. The van der Waals surface area contributed by atoms with E-state index >= 15 is 0 Å². The van der Waals surface area contributed by atoms with Gasteiger partial charge in [-0.15, -0.1) is 0 Å². The molecule has 0 saturated heterocycles. The lowest BCUT2D eigenvalue weighted by molar-refractivity contribution is 0.291. The molecule has 74 valence electrons. The second-order valence-electron chi connectivity index (χ2n) is 3.26. The standard InChI is InChI=1S/C6H13N.C3H9NO/c7-6-4-2-1-3-5-6;4-2-1-3-5/h6H,1-5,7H2;5H,1-4H2. The highest BCUT2D eigenvalue weighted by Crippen LogP contribution is 2.14. The van der Waals surface area contributed by atoms with Crippen molar-refractivity contribution in [3.8, 4) is 0 Å². The van der Waals surface area contributed by atoms with Crippen LogP contribution >= 0.6 is 0 Å². The molecule has 3 heteroatoms. The van der Waals surface area contributed by atoms with Crippen molar-refractivity contribution in [2.75, 3.05) is 13.2 Å². The topological polar surface area (TPSA) is 72.3 Å². The molecule has 1 fully saturated rings. The molecule has 0 aromatic heterocycles. The van der Waals surface area contributed by atoms with E-state index in [1.54, 1.807) is 0 Å². The van der Waals surface area contributed by atoms with Crippen LogP contribution in [0.2, 0.25) is 0 Å². The van der Waals surface area contributed by atoms with Gasteiger partial charge in [0, 0.05) is 12.6 Å². The van der Waals surface area contributed by atoms with Gasteiger partial charge in [0.15, 0.2) is 0 Å². The predicted octanol–water partition coefficient (Wildman–Crippen LogP) is 0.605. The molecule has 1 aliphatic rings. The molecule has 0 atom stereocenters. The van der Waals surface area contributed by atoms with Crippen molar-refractivity contribution in [3.63, 3.8) is 0 Å². The minimum Gasteiger partial charge on any atom is -0.396 e. The fourth-order valence-corrected chi connectivity index (χ4v) is 1.23. The molecule has 0 amide bonds. The average Bonchev–Trinajstić information content (AvgIpc) is 2.08. The van der Waals surface area contributed by atoms with Crippen molar-refractivity contribution in [3.05, 3.63) is 0 Å². The lowest BCUT2D eigenvalue weighted by Crippen LogP contribution is -2.22. The van der Waals surface area contributed by atoms with Gasteiger partial charge in [0.05, 0.1) is 0 Å². The number of aliphatic hydroxyl groups excluding tert-OH is 1. The van der Waals surface area contributed by atoms with Crippen molar-refractivity contribution in [1.29, 1.82) is 0 Å². The Morgan fingerprint density at radius 3 is 1.92 bits per heavy atom. The largest absolute Gasteiger partial charge is 0.396 e. The van der Waals surface area contributed by atoms with Crippen LogP contribution in [0.25, 0.3) is 0 Å². The SMILES string of the molecule is NC1CCCCC1.NCCCO. The zero-order valence-electron chi connectivity index (χ0n) is 7.84. The second-order valence-corrected chi connectivity index (χ2v) is 3.26. The lowest BCUT2D eigenvalue weighted by atomic mass is 9.97. The summed E-state index contributed by atoms with van der Waals surface area (Å²) in [5.41, 5.74) is 10.6. The van der Waals surface area contributed by atoms with Gasteiger partial charge in [-0.25, -0.2) is 0 Å². The summed E-state index contributed by atoms with van der Waals surface area (Å²) in [4.78, 5) is 0. The number of hydrogen-bond donors (Lipinski definition) is 3. The summed E-state index contributed by atoms with van der Waals surface area (Å²) in [6.07, 6.45) is 7.38. The van der Waals surface area contributed by atoms with Gasteiger partial charge in [-0.2, -0.15) is 0 Å². The number of nitrogens with two attached hydrogens (primary N) is 2. The molecule has 1 aliphatic carbocycles. The van der Waals surface area contributed by atoms with E-state index < -0.39 is 0 Å². The normalized spacial score (nSPS) is 18.2. The van der Waals surface area contributed by atoms with Crippen molar-refractivity contribution in [2.45, 2.75) is 44.6 Å². The Kier molecular flexibility index (Phi) is 8.88. The Bertz CT molecular complexity index is 80.6. The van der Waals surface area contributed by atoms with E-state index in [0.717, 1.165) is 6.42 Å². The highest BCUT2D eigenvalue weighted by molar-refractivity contribution is 4.66. The van der Waals surface area contributed by atoms with Gasteiger partial charge in [0.2, 0.25) is 0 Å². The van der Waals surface area contributed by atoms with E-state index in [9.17, 15) is 0 Å². The van der Waals surface area contributed by atoms with E-state index in [-0.39, 0.29) is 6.61 Å². The molecule has 3 nitrogen and oxygen atoms in total. The van der Waals surface area contributed by atoms with Gasteiger partial charge >= 0.3 is 0 Å². The third kappa shape index (κ3) is 7.98. The summed E-state index contributed by atoms with van der Waals surface area (Å²) in [6.45, 7) is 0.812. The van der Waals surface area contributed by atoms with Gasteiger partial charge in [0.25, 0.3) is 0 Å². The number of aliphatic hydroxyl groups is 1. The summed E-state index contributed by atoms with van der Waals surface area (Å²) < 4.78 is 0. The molecule has 0 bridgehead atoms. The van der Waals surface area contributed by atoms with E-state index in [0.29, 0.717) is 12.6 Å². The maximum atomic E-state index is 7.99.